The summed E-state index contributed by atoms with van der Waals surface area (Å²) in [6, 6.07) is 0. The summed E-state index contributed by atoms with van der Waals surface area (Å²) >= 11 is 0. The molecule has 0 radical (unpaired) electrons. The van der Waals surface area contributed by atoms with Gasteiger partial charge in [0.1, 0.15) is 13.2 Å². The minimum Gasteiger partial charge on any atom is -0.462 e. The molecule has 470 valence electrons. The normalized spacial score (nSPS) is 13.0. The van der Waals surface area contributed by atoms with E-state index in [2.05, 4.69) is 167 Å². The maximum absolute atomic E-state index is 12.9. The summed E-state index contributed by atoms with van der Waals surface area (Å²) in [5.41, 5.74) is 0. The molecular formula is C77H126O6. The van der Waals surface area contributed by atoms with E-state index in [1.165, 1.54) is 109 Å². The largest absolute Gasteiger partial charge is 0.462 e. The monoisotopic (exact) mass is 1150 g/mol. The standard InChI is InChI=1S/C77H126O6/c1-4-7-10-13-16-19-22-24-26-28-30-31-32-33-34-35-36-37-38-39-40-41-42-43-44-45-47-48-50-52-55-58-61-64-67-70-76(79)82-73-74(72-81-75(78)69-66-63-60-57-54-21-18-15-12-9-6-3)83-77(80)71-68-65-62-59-56-53-51-49-46-29-27-25-23-20-17-14-11-8-5-2/h7-8,10-11,16-17,19-20,24-27,30-31,33-34,36-37,39-40,42-43,46,49,74H,4-6,9,12-15,18,21-23,28-29,32,35,38,41,44-45,47-48,50-73H2,1-3H3/b10-7-,11-8-,19-16-,20-17-,26-24-,27-25-,31-30-,34-33-,37-36-,40-39-,43-42-,49-46-. The third-order valence-corrected chi connectivity index (χ3v) is 14.3. The SMILES string of the molecule is CC/C=C\C/C=C\C/C=C\C/C=C\C/C=C\C/C=C\C/C=C\C/C=C\CCCCCCCCCCCCC(=O)OCC(COC(=O)CCCCCCCCCCCCC)OC(=O)CCCCCCCC/C=C\C/C=C\C/C=C\C/C=C\CC. The first-order chi connectivity index (χ1) is 41.0. The summed E-state index contributed by atoms with van der Waals surface area (Å²) in [7, 11) is 0. The van der Waals surface area contributed by atoms with E-state index >= 15 is 0 Å². The molecule has 0 saturated carbocycles. The van der Waals surface area contributed by atoms with Gasteiger partial charge in [-0.15, -0.1) is 0 Å². The number of allylic oxidation sites excluding steroid dienone is 24. The second-order valence-corrected chi connectivity index (χ2v) is 22.3. The molecule has 0 fully saturated rings. The number of rotatable bonds is 61. The van der Waals surface area contributed by atoms with Crippen molar-refractivity contribution in [3.63, 3.8) is 0 Å². The summed E-state index contributed by atoms with van der Waals surface area (Å²) in [4.78, 5) is 38.3. The summed E-state index contributed by atoms with van der Waals surface area (Å²) in [6.07, 6.45) is 100. The van der Waals surface area contributed by atoms with E-state index in [0.29, 0.717) is 19.3 Å². The Bertz CT molecular complexity index is 1800. The van der Waals surface area contributed by atoms with Crippen LogP contribution in [0, 0.1) is 0 Å². The van der Waals surface area contributed by atoms with Crippen LogP contribution in [0.2, 0.25) is 0 Å². The molecule has 0 aromatic carbocycles. The molecule has 0 heterocycles. The van der Waals surface area contributed by atoms with Crippen LogP contribution in [0.15, 0.2) is 146 Å². The van der Waals surface area contributed by atoms with Crippen molar-refractivity contribution in [3.8, 4) is 0 Å². The Morgan fingerprint density at radius 3 is 0.735 bits per heavy atom. The van der Waals surface area contributed by atoms with Gasteiger partial charge >= 0.3 is 17.9 Å². The van der Waals surface area contributed by atoms with Gasteiger partial charge in [-0.05, 0) is 122 Å². The minimum atomic E-state index is -0.791. The van der Waals surface area contributed by atoms with Crippen molar-refractivity contribution in [2.45, 2.75) is 309 Å². The van der Waals surface area contributed by atoms with Gasteiger partial charge < -0.3 is 14.2 Å². The van der Waals surface area contributed by atoms with E-state index < -0.39 is 6.10 Å². The summed E-state index contributed by atoms with van der Waals surface area (Å²) in [6.45, 7) is 6.40. The van der Waals surface area contributed by atoms with E-state index in [9.17, 15) is 14.4 Å². The molecule has 0 aromatic rings. The zero-order chi connectivity index (χ0) is 59.9. The molecule has 1 unspecified atom stereocenters. The Kier molecular flexibility index (Phi) is 65.8. The van der Waals surface area contributed by atoms with Crippen LogP contribution in [-0.4, -0.2) is 37.2 Å². The molecule has 0 saturated heterocycles. The van der Waals surface area contributed by atoms with Crippen LogP contribution in [0.4, 0.5) is 0 Å². The lowest BCUT2D eigenvalue weighted by molar-refractivity contribution is -0.167. The van der Waals surface area contributed by atoms with Crippen LogP contribution in [0.3, 0.4) is 0 Å². The van der Waals surface area contributed by atoms with Gasteiger partial charge in [0.15, 0.2) is 6.10 Å². The number of ether oxygens (including phenoxy) is 3. The van der Waals surface area contributed by atoms with Crippen LogP contribution < -0.4 is 0 Å². The molecule has 0 bridgehead atoms. The van der Waals surface area contributed by atoms with E-state index in [1.807, 2.05) is 0 Å². The maximum atomic E-state index is 12.9. The van der Waals surface area contributed by atoms with Crippen LogP contribution in [0.25, 0.3) is 0 Å². The average molecular weight is 1150 g/mol. The highest BCUT2D eigenvalue weighted by Gasteiger charge is 2.19. The van der Waals surface area contributed by atoms with Crippen molar-refractivity contribution in [1.29, 1.82) is 0 Å². The van der Waals surface area contributed by atoms with Crippen molar-refractivity contribution in [3.05, 3.63) is 146 Å². The average Bonchev–Trinajstić information content (AvgIpc) is 3.48. The fraction of sp³-hybridized carbons (Fsp3) is 0.649. The minimum absolute atomic E-state index is 0.0860. The third kappa shape index (κ3) is 68.0. The van der Waals surface area contributed by atoms with Crippen LogP contribution in [0.1, 0.15) is 303 Å². The van der Waals surface area contributed by atoms with Crippen molar-refractivity contribution in [1.82, 2.24) is 0 Å². The Balaban J connectivity index is 4.24. The molecule has 0 aromatic heterocycles. The lowest BCUT2D eigenvalue weighted by Crippen LogP contribution is -2.30. The smallest absolute Gasteiger partial charge is 0.306 e. The van der Waals surface area contributed by atoms with Gasteiger partial charge in [0.05, 0.1) is 0 Å². The molecule has 83 heavy (non-hydrogen) atoms. The molecule has 6 nitrogen and oxygen atoms in total. The van der Waals surface area contributed by atoms with Gasteiger partial charge in [-0.2, -0.15) is 0 Å². The first-order valence-electron chi connectivity index (χ1n) is 34.3. The summed E-state index contributed by atoms with van der Waals surface area (Å²) in [5, 5.41) is 0. The zero-order valence-electron chi connectivity index (χ0n) is 53.9. The van der Waals surface area contributed by atoms with Gasteiger partial charge in [-0.25, -0.2) is 0 Å². The van der Waals surface area contributed by atoms with Crippen molar-refractivity contribution in [2.24, 2.45) is 0 Å². The number of hydrogen-bond acceptors (Lipinski definition) is 6. The highest BCUT2D eigenvalue weighted by atomic mass is 16.6. The second kappa shape index (κ2) is 69.8. The quantitative estimate of drug-likeness (QED) is 0.0261. The number of esters is 3. The lowest BCUT2D eigenvalue weighted by Gasteiger charge is -2.18. The Labute approximate surface area is 512 Å². The van der Waals surface area contributed by atoms with Gasteiger partial charge in [-0.3, -0.25) is 14.4 Å². The van der Waals surface area contributed by atoms with E-state index in [-0.39, 0.29) is 31.1 Å². The zero-order valence-corrected chi connectivity index (χ0v) is 53.9. The Morgan fingerprint density at radius 1 is 0.253 bits per heavy atom. The number of hydrogen-bond donors (Lipinski definition) is 0. The molecular weight excluding hydrogens is 1020 g/mol. The van der Waals surface area contributed by atoms with Gasteiger partial charge in [0.2, 0.25) is 0 Å². The fourth-order valence-electron chi connectivity index (χ4n) is 9.27. The predicted molar refractivity (Wildman–Crippen MR) is 362 cm³/mol. The predicted octanol–water partition coefficient (Wildman–Crippen LogP) is 23.9. The Hall–Kier alpha value is -4.71. The molecule has 1 atom stereocenters. The molecule has 0 aliphatic rings. The third-order valence-electron chi connectivity index (χ3n) is 14.3. The van der Waals surface area contributed by atoms with Crippen molar-refractivity contribution >= 4 is 17.9 Å². The second-order valence-electron chi connectivity index (χ2n) is 22.3. The first kappa shape index (κ1) is 78.3. The molecule has 0 amide bonds. The summed E-state index contributed by atoms with van der Waals surface area (Å²) < 4.78 is 16.9. The van der Waals surface area contributed by atoms with Crippen LogP contribution in [0.5, 0.6) is 0 Å². The van der Waals surface area contributed by atoms with Gasteiger partial charge in [0, 0.05) is 19.3 Å². The Morgan fingerprint density at radius 2 is 0.470 bits per heavy atom. The first-order valence-corrected chi connectivity index (χ1v) is 34.3. The van der Waals surface area contributed by atoms with Gasteiger partial charge in [-0.1, -0.05) is 308 Å². The highest BCUT2D eigenvalue weighted by Crippen LogP contribution is 2.16. The fourth-order valence-corrected chi connectivity index (χ4v) is 9.27. The number of unbranched alkanes of at least 4 members (excludes halogenated alkanes) is 26. The lowest BCUT2D eigenvalue weighted by atomic mass is 10.1. The molecule has 0 aliphatic heterocycles. The van der Waals surface area contributed by atoms with E-state index in [0.717, 1.165) is 154 Å². The summed E-state index contributed by atoms with van der Waals surface area (Å²) in [5.74, 6) is -0.901. The topological polar surface area (TPSA) is 78.9 Å². The van der Waals surface area contributed by atoms with Crippen molar-refractivity contribution in [2.75, 3.05) is 13.2 Å². The van der Waals surface area contributed by atoms with Crippen LogP contribution in [-0.2, 0) is 28.6 Å². The molecule has 0 spiro atoms. The van der Waals surface area contributed by atoms with Gasteiger partial charge in [0.25, 0.3) is 0 Å². The molecule has 0 rings (SSSR count). The van der Waals surface area contributed by atoms with E-state index in [4.69, 9.17) is 14.2 Å². The molecule has 0 N–H and O–H groups in total. The highest BCUT2D eigenvalue weighted by molar-refractivity contribution is 5.71. The van der Waals surface area contributed by atoms with Crippen molar-refractivity contribution < 1.29 is 28.6 Å². The molecule has 6 heteroatoms. The number of carbonyl (C=O) groups excluding carboxylic acids is 3. The van der Waals surface area contributed by atoms with E-state index in [1.54, 1.807) is 0 Å². The number of carbonyl (C=O) groups is 3. The molecule has 0 aliphatic carbocycles. The maximum Gasteiger partial charge on any atom is 0.306 e. The van der Waals surface area contributed by atoms with Crippen LogP contribution >= 0.6 is 0 Å².